The second-order valence-electron chi connectivity index (χ2n) is 0. The van der Waals surface area contributed by atoms with Gasteiger partial charge in [-0.25, -0.2) is 0 Å². The fourth-order valence-electron chi connectivity index (χ4n) is 0. The summed E-state index contributed by atoms with van der Waals surface area (Å²) < 4.78 is 0. The van der Waals surface area contributed by atoms with E-state index in [1.54, 1.807) is 0 Å². The summed E-state index contributed by atoms with van der Waals surface area (Å²) in [5, 5.41) is 0. The van der Waals surface area contributed by atoms with Gasteiger partial charge in [0.25, 0.3) is 0 Å². The summed E-state index contributed by atoms with van der Waals surface area (Å²) >= 11 is 0. The van der Waals surface area contributed by atoms with E-state index in [1.807, 2.05) is 0 Å². The number of hydrogen-bond acceptors (Lipinski definition) is 0. The molecular formula is Fe2TiV3. The van der Waals surface area contributed by atoms with Crippen molar-refractivity contribution in [1.29, 1.82) is 0 Å². The van der Waals surface area contributed by atoms with Crippen LogP contribution in [0, 0.1) is 0 Å². The van der Waals surface area contributed by atoms with E-state index in [2.05, 4.69) is 0 Å². The Labute approximate surface area is 110 Å². The summed E-state index contributed by atoms with van der Waals surface area (Å²) in [6.07, 6.45) is 0. The van der Waals surface area contributed by atoms with Crippen molar-refractivity contribution in [3.8, 4) is 0 Å². The van der Waals surface area contributed by atoms with Crippen LogP contribution < -0.4 is 0 Å². The molecule has 6 heavy (non-hydrogen) atoms. The SMILES string of the molecule is [Fe].[Fe].[Ti].[V].[V].[V]. The van der Waals surface area contributed by atoms with Crippen LogP contribution in [0.5, 0.6) is 0 Å². The van der Waals surface area contributed by atoms with Gasteiger partial charge in [-0.15, -0.1) is 0 Å². The quantitative estimate of drug-likeness (QED) is 0.552. The Morgan fingerprint density at radius 1 is 0.500 bits per heavy atom. The molecule has 3 radical (unpaired) electrons. The molecule has 0 unspecified atom stereocenters. The van der Waals surface area contributed by atoms with Crippen molar-refractivity contribution in [3.63, 3.8) is 0 Å². The van der Waals surface area contributed by atoms with E-state index in [0.717, 1.165) is 0 Å². The molecule has 0 saturated heterocycles. The van der Waals surface area contributed by atoms with Crippen LogP contribution in [0.2, 0.25) is 0 Å². The van der Waals surface area contributed by atoms with E-state index >= 15 is 0 Å². The molecule has 0 aliphatic heterocycles. The van der Waals surface area contributed by atoms with Crippen LogP contribution in [0.4, 0.5) is 0 Å². The Bertz CT molecular complexity index is 8.75. The van der Waals surface area contributed by atoms with Gasteiger partial charge in [-0.2, -0.15) is 0 Å². The van der Waals surface area contributed by atoms with Crippen LogP contribution in [0.25, 0.3) is 0 Å². The molecule has 0 fully saturated rings. The first-order chi connectivity index (χ1) is 0. The van der Waals surface area contributed by atoms with Gasteiger partial charge in [-0.1, -0.05) is 0 Å². The Hall–Kier alpha value is 3.51. The maximum Gasteiger partial charge on any atom is 0 e. The van der Waals surface area contributed by atoms with Gasteiger partial charge in [0.2, 0.25) is 0 Å². The average molecular weight is 312 g/mol. The van der Waals surface area contributed by atoms with Crippen LogP contribution in [0.3, 0.4) is 0 Å². The Morgan fingerprint density at radius 3 is 0.500 bits per heavy atom. The molecule has 0 bridgehead atoms. The van der Waals surface area contributed by atoms with Gasteiger partial charge in [-0.3, -0.25) is 0 Å². The summed E-state index contributed by atoms with van der Waals surface area (Å²) in [5.74, 6) is 0. The van der Waals surface area contributed by atoms with Crippen molar-refractivity contribution < 1.29 is 112 Å². The summed E-state index contributed by atoms with van der Waals surface area (Å²) in [7, 11) is 0. The molecule has 0 aromatic rings. The zero-order chi connectivity index (χ0) is 0. The minimum Gasteiger partial charge on any atom is 0 e. The molecule has 0 N–H and O–H groups in total. The molecule has 35 valence electrons. The van der Waals surface area contributed by atoms with Crippen molar-refractivity contribution in [3.05, 3.63) is 0 Å². The van der Waals surface area contributed by atoms with Gasteiger partial charge >= 0.3 is 0 Å². The van der Waals surface area contributed by atoms with Crippen molar-refractivity contribution >= 4 is 0 Å². The number of rotatable bonds is 0. The molecule has 0 spiro atoms. The van der Waals surface area contributed by atoms with Crippen molar-refractivity contribution in [1.82, 2.24) is 0 Å². The minimum absolute atomic E-state index is 0. The molecule has 0 aliphatic carbocycles. The van der Waals surface area contributed by atoms with Gasteiger partial charge < -0.3 is 0 Å². The third kappa shape index (κ3) is 25.8. The van der Waals surface area contributed by atoms with E-state index in [-0.39, 0.29) is 112 Å². The molecule has 0 aromatic carbocycles. The molecule has 0 rings (SSSR count). The fourth-order valence-corrected chi connectivity index (χ4v) is 0. The molecule has 0 aromatic heterocycles. The van der Waals surface area contributed by atoms with Crippen LogP contribution in [-0.4, -0.2) is 0 Å². The predicted octanol–water partition coefficient (Wildman–Crippen LogP) is -0.0150. The van der Waals surface area contributed by atoms with E-state index in [0.29, 0.717) is 0 Å². The summed E-state index contributed by atoms with van der Waals surface area (Å²) in [4.78, 5) is 0. The molecular weight excluding hydrogens is 312 g/mol. The molecule has 6 heteroatoms. The average Bonchev–Trinajstić information content (AvgIpc) is 0. The molecule has 0 atom stereocenters. The third-order valence-corrected chi connectivity index (χ3v) is 0. The second kappa shape index (κ2) is 39.0. The third-order valence-electron chi connectivity index (χ3n) is 0. The first-order valence-electron chi connectivity index (χ1n) is 0. The zero-order valence-corrected chi connectivity index (χ0v) is 10.5. The standard InChI is InChI=1S/2Fe.Ti.3V. The topological polar surface area (TPSA) is 0 Å². The minimum atomic E-state index is 0. The molecule has 0 saturated carbocycles. The van der Waals surface area contributed by atoms with Gasteiger partial charge in [-0.05, 0) is 0 Å². The molecule has 0 heterocycles. The fraction of sp³-hybridized carbons (Fsp3) is 0. The number of hydrogen-bond donors (Lipinski definition) is 0. The summed E-state index contributed by atoms with van der Waals surface area (Å²) in [6, 6.07) is 0. The normalized spacial score (nSPS) is 0. The molecule has 0 amide bonds. The van der Waals surface area contributed by atoms with Gasteiger partial charge in [0, 0.05) is 112 Å². The first kappa shape index (κ1) is 55.9. The maximum atomic E-state index is 0. The van der Waals surface area contributed by atoms with E-state index in [1.165, 1.54) is 0 Å². The maximum absolute atomic E-state index is 0. The van der Waals surface area contributed by atoms with Crippen LogP contribution in [0.1, 0.15) is 0 Å². The summed E-state index contributed by atoms with van der Waals surface area (Å²) in [6.45, 7) is 0. The first-order valence-corrected chi connectivity index (χ1v) is 0. The second-order valence-corrected chi connectivity index (χ2v) is 0. The Balaban J connectivity index is 0. The summed E-state index contributed by atoms with van der Waals surface area (Å²) in [5.41, 5.74) is 0. The largest absolute Gasteiger partial charge is 0 e. The van der Waals surface area contributed by atoms with Gasteiger partial charge in [0.15, 0.2) is 0 Å². The smallest absolute Gasteiger partial charge is 0 e. The monoisotopic (exact) mass is 313 g/mol. The van der Waals surface area contributed by atoms with Crippen LogP contribution in [-0.2, 0) is 112 Å². The van der Waals surface area contributed by atoms with Crippen LogP contribution >= 0.6 is 0 Å². The van der Waals surface area contributed by atoms with E-state index in [9.17, 15) is 0 Å². The predicted molar refractivity (Wildman–Crippen MR) is 0 cm³/mol. The van der Waals surface area contributed by atoms with Gasteiger partial charge in [0.05, 0.1) is 0 Å². The van der Waals surface area contributed by atoms with Crippen molar-refractivity contribution in [2.75, 3.05) is 0 Å². The van der Waals surface area contributed by atoms with Crippen molar-refractivity contribution in [2.24, 2.45) is 0 Å². The molecule has 0 nitrogen and oxygen atoms in total. The van der Waals surface area contributed by atoms with Crippen molar-refractivity contribution in [2.45, 2.75) is 0 Å². The Kier molecular flexibility index (Phi) is 363. The zero-order valence-electron chi connectivity index (χ0n) is 2.55. The van der Waals surface area contributed by atoms with E-state index < -0.39 is 0 Å². The van der Waals surface area contributed by atoms with Crippen LogP contribution in [0.15, 0.2) is 0 Å². The Morgan fingerprint density at radius 2 is 0.500 bits per heavy atom. The van der Waals surface area contributed by atoms with Gasteiger partial charge in [0.1, 0.15) is 0 Å². The molecule has 0 aliphatic rings. The van der Waals surface area contributed by atoms with E-state index in [4.69, 9.17) is 0 Å².